The summed E-state index contributed by atoms with van der Waals surface area (Å²) in [5, 5.41) is 11.7. The third kappa shape index (κ3) is 6.78. The summed E-state index contributed by atoms with van der Waals surface area (Å²) >= 11 is 0. The molecular formula is C32H36N4O2. The predicted molar refractivity (Wildman–Crippen MR) is 156 cm³/mol. The van der Waals surface area contributed by atoms with E-state index in [0.29, 0.717) is 19.7 Å². The average molecular weight is 509 g/mol. The minimum absolute atomic E-state index is 0.00256. The van der Waals surface area contributed by atoms with Crippen molar-refractivity contribution < 1.29 is 9.53 Å². The summed E-state index contributed by atoms with van der Waals surface area (Å²) < 4.78 is 5.98. The molecule has 196 valence electrons. The average Bonchev–Trinajstić information content (AvgIpc) is 3.40. The summed E-state index contributed by atoms with van der Waals surface area (Å²) in [6.07, 6.45) is 4.43. The van der Waals surface area contributed by atoms with Crippen LogP contribution in [0, 0.1) is 0 Å². The molecule has 4 rings (SSSR count). The summed E-state index contributed by atoms with van der Waals surface area (Å²) in [5.74, 6) is 0.824. The number of carbonyl (C=O) groups excluding carboxylic acids is 1. The predicted octanol–water partition coefficient (Wildman–Crippen LogP) is 5.93. The SMILES string of the molecule is CC/C(=C(/c1ccc(OCCNC/C(C)=C/C(=O)N(C)C)cc1)c1ccc2[nH]ncc2c1)c1ccccc1. The van der Waals surface area contributed by atoms with Gasteiger partial charge in [-0.3, -0.25) is 9.89 Å². The summed E-state index contributed by atoms with van der Waals surface area (Å²) in [6.45, 7) is 6.03. The Kier molecular flexibility index (Phi) is 9.11. The Bertz CT molecular complexity index is 1420. The largest absolute Gasteiger partial charge is 0.492 e. The number of ether oxygens (including phenoxy) is 1. The van der Waals surface area contributed by atoms with Gasteiger partial charge in [0, 0.05) is 38.6 Å². The summed E-state index contributed by atoms with van der Waals surface area (Å²) in [5.41, 5.74) is 8.05. The van der Waals surface area contributed by atoms with Crippen molar-refractivity contribution in [1.82, 2.24) is 20.4 Å². The number of aromatic amines is 1. The summed E-state index contributed by atoms with van der Waals surface area (Å²) in [7, 11) is 3.50. The van der Waals surface area contributed by atoms with E-state index in [4.69, 9.17) is 4.74 Å². The first kappa shape index (κ1) is 26.9. The molecule has 3 aromatic carbocycles. The number of nitrogens with one attached hydrogen (secondary N) is 2. The van der Waals surface area contributed by atoms with Gasteiger partial charge >= 0.3 is 0 Å². The van der Waals surface area contributed by atoms with Crippen LogP contribution in [0.2, 0.25) is 0 Å². The van der Waals surface area contributed by atoms with E-state index in [9.17, 15) is 4.79 Å². The van der Waals surface area contributed by atoms with Gasteiger partial charge in [0.1, 0.15) is 12.4 Å². The topological polar surface area (TPSA) is 70.2 Å². The van der Waals surface area contributed by atoms with Crippen LogP contribution in [0.5, 0.6) is 5.75 Å². The molecule has 0 saturated heterocycles. The summed E-state index contributed by atoms with van der Waals surface area (Å²) in [4.78, 5) is 13.3. The zero-order chi connectivity index (χ0) is 26.9. The Hall–Kier alpha value is -4.16. The number of hydrogen-bond acceptors (Lipinski definition) is 4. The van der Waals surface area contributed by atoms with Gasteiger partial charge in [0.15, 0.2) is 0 Å². The first-order valence-corrected chi connectivity index (χ1v) is 13.0. The van der Waals surface area contributed by atoms with Crippen LogP contribution in [0.4, 0.5) is 0 Å². The van der Waals surface area contributed by atoms with Crippen LogP contribution < -0.4 is 10.1 Å². The van der Waals surface area contributed by atoms with Crippen LogP contribution in [0.25, 0.3) is 22.0 Å². The number of benzene rings is 3. The minimum atomic E-state index is -0.00256. The van der Waals surface area contributed by atoms with Gasteiger partial charge < -0.3 is 15.0 Å². The first-order valence-electron chi connectivity index (χ1n) is 13.0. The number of fused-ring (bicyclic) bond motifs is 1. The third-order valence-corrected chi connectivity index (χ3v) is 6.41. The van der Waals surface area contributed by atoms with Gasteiger partial charge in [0.2, 0.25) is 5.91 Å². The molecule has 2 N–H and O–H groups in total. The second-order valence-corrected chi connectivity index (χ2v) is 9.52. The van der Waals surface area contributed by atoms with Gasteiger partial charge in [-0.1, -0.05) is 61.0 Å². The fourth-order valence-electron chi connectivity index (χ4n) is 4.41. The third-order valence-electron chi connectivity index (χ3n) is 6.41. The van der Waals surface area contributed by atoms with E-state index in [1.54, 1.807) is 25.1 Å². The van der Waals surface area contributed by atoms with E-state index in [0.717, 1.165) is 39.8 Å². The molecule has 6 nitrogen and oxygen atoms in total. The Morgan fingerprint density at radius 1 is 1.00 bits per heavy atom. The Morgan fingerprint density at radius 3 is 2.45 bits per heavy atom. The van der Waals surface area contributed by atoms with Crippen molar-refractivity contribution >= 4 is 28.0 Å². The quantitative estimate of drug-likeness (QED) is 0.150. The maximum atomic E-state index is 11.8. The molecule has 0 saturated carbocycles. The smallest absolute Gasteiger partial charge is 0.246 e. The van der Waals surface area contributed by atoms with Gasteiger partial charge in [0.25, 0.3) is 0 Å². The number of hydrogen-bond donors (Lipinski definition) is 2. The maximum Gasteiger partial charge on any atom is 0.246 e. The number of rotatable bonds is 11. The van der Waals surface area contributed by atoms with Crippen molar-refractivity contribution in [3.05, 3.63) is 107 Å². The number of aromatic nitrogens is 2. The van der Waals surface area contributed by atoms with Gasteiger partial charge in [-0.05, 0) is 65.4 Å². The normalized spacial score (nSPS) is 12.4. The van der Waals surface area contributed by atoms with Crippen molar-refractivity contribution in [1.29, 1.82) is 0 Å². The van der Waals surface area contributed by atoms with Crippen LogP contribution in [-0.2, 0) is 4.79 Å². The number of likely N-dealkylation sites (N-methyl/N-ethyl adjacent to an activating group) is 1. The molecule has 0 radical (unpaired) electrons. The monoisotopic (exact) mass is 508 g/mol. The van der Waals surface area contributed by atoms with Gasteiger partial charge in [-0.2, -0.15) is 5.10 Å². The fraction of sp³-hybridized carbons (Fsp3) is 0.250. The highest BCUT2D eigenvalue weighted by atomic mass is 16.5. The minimum Gasteiger partial charge on any atom is -0.492 e. The Morgan fingerprint density at radius 2 is 1.74 bits per heavy atom. The van der Waals surface area contributed by atoms with E-state index in [1.807, 2.05) is 25.3 Å². The molecule has 1 amide bonds. The van der Waals surface area contributed by atoms with Crippen LogP contribution in [0.1, 0.15) is 37.0 Å². The highest BCUT2D eigenvalue weighted by Crippen LogP contribution is 2.36. The highest BCUT2D eigenvalue weighted by molar-refractivity contribution is 6.00. The maximum absolute atomic E-state index is 11.8. The molecule has 0 aliphatic rings. The molecule has 4 aromatic rings. The van der Waals surface area contributed by atoms with Gasteiger partial charge in [0.05, 0.1) is 11.7 Å². The van der Waals surface area contributed by atoms with Gasteiger partial charge in [-0.25, -0.2) is 0 Å². The number of allylic oxidation sites excluding steroid dienone is 1. The Balaban J connectivity index is 1.50. The van der Waals surface area contributed by atoms with Crippen LogP contribution in [-0.4, -0.2) is 54.8 Å². The van der Waals surface area contributed by atoms with Crippen LogP contribution in [0.3, 0.4) is 0 Å². The lowest BCUT2D eigenvalue weighted by Gasteiger charge is -2.17. The molecule has 0 spiro atoms. The zero-order valence-electron chi connectivity index (χ0n) is 22.6. The van der Waals surface area contributed by atoms with Crippen molar-refractivity contribution in [3.63, 3.8) is 0 Å². The molecule has 6 heteroatoms. The van der Waals surface area contributed by atoms with Crippen molar-refractivity contribution in [3.8, 4) is 5.75 Å². The molecule has 1 aromatic heterocycles. The van der Waals surface area contributed by atoms with Gasteiger partial charge in [-0.15, -0.1) is 0 Å². The van der Waals surface area contributed by atoms with E-state index >= 15 is 0 Å². The molecule has 1 heterocycles. The second kappa shape index (κ2) is 12.9. The molecule has 0 bridgehead atoms. The molecule has 0 aliphatic heterocycles. The standard InChI is InChI=1S/C32H36N4O2/c1-5-29(24-9-7-6-8-10-24)32(26-13-16-30-27(20-26)22-34-35-30)25-11-14-28(15-12-25)38-18-17-33-21-23(2)19-31(37)36(3)4/h6-16,19-20,22,33H,5,17-18,21H2,1-4H3,(H,34,35)/b23-19+,32-29+. The Labute approximate surface area is 225 Å². The van der Waals surface area contributed by atoms with Crippen molar-refractivity contribution in [2.24, 2.45) is 0 Å². The lowest BCUT2D eigenvalue weighted by Crippen LogP contribution is -2.24. The second-order valence-electron chi connectivity index (χ2n) is 9.52. The molecule has 0 fully saturated rings. The molecular weight excluding hydrogens is 472 g/mol. The number of amides is 1. The highest BCUT2D eigenvalue weighted by Gasteiger charge is 2.14. The van der Waals surface area contributed by atoms with Crippen molar-refractivity contribution in [2.45, 2.75) is 20.3 Å². The fourth-order valence-corrected chi connectivity index (χ4v) is 4.41. The molecule has 38 heavy (non-hydrogen) atoms. The first-order chi connectivity index (χ1) is 18.5. The van der Waals surface area contributed by atoms with E-state index in [1.165, 1.54) is 16.7 Å². The lowest BCUT2D eigenvalue weighted by molar-refractivity contribution is -0.123. The number of H-pyrrole nitrogens is 1. The number of nitrogens with zero attached hydrogens (tertiary/aromatic N) is 2. The molecule has 0 aliphatic carbocycles. The van der Waals surface area contributed by atoms with E-state index in [2.05, 4.69) is 83.1 Å². The van der Waals surface area contributed by atoms with Crippen LogP contribution >= 0.6 is 0 Å². The molecule has 0 unspecified atom stereocenters. The van der Waals surface area contributed by atoms with E-state index in [-0.39, 0.29) is 5.91 Å². The van der Waals surface area contributed by atoms with Crippen LogP contribution in [0.15, 0.2) is 90.6 Å². The zero-order valence-corrected chi connectivity index (χ0v) is 22.6. The lowest BCUT2D eigenvalue weighted by atomic mass is 9.88. The number of carbonyl (C=O) groups is 1. The summed E-state index contributed by atoms with van der Waals surface area (Å²) in [6, 6.07) is 25.4. The van der Waals surface area contributed by atoms with E-state index < -0.39 is 0 Å². The molecule has 0 atom stereocenters. The van der Waals surface area contributed by atoms with Crippen molar-refractivity contribution in [2.75, 3.05) is 33.8 Å².